The maximum atomic E-state index is 10.9. The molecule has 0 saturated carbocycles. The Morgan fingerprint density at radius 1 is 1.50 bits per heavy atom. The second-order valence-electron chi connectivity index (χ2n) is 4.10. The monoisotopic (exact) mass is 278 g/mol. The maximum Gasteiger partial charge on any atom is 0.306 e. The predicted molar refractivity (Wildman–Crippen MR) is 72.2 cm³/mol. The summed E-state index contributed by atoms with van der Waals surface area (Å²) < 4.78 is 9.88. The van der Waals surface area contributed by atoms with Crippen LogP contribution in [0.5, 0.6) is 5.75 Å². The number of carbonyl (C=O) groups is 1. The largest absolute Gasteiger partial charge is 0.489 e. The van der Waals surface area contributed by atoms with E-state index in [4.69, 9.17) is 10.00 Å². The number of aliphatic hydroxyl groups excluding tert-OH is 1. The van der Waals surface area contributed by atoms with Gasteiger partial charge in [0.2, 0.25) is 0 Å². The molecule has 6 nitrogen and oxygen atoms in total. The molecule has 0 radical (unpaired) electrons. The van der Waals surface area contributed by atoms with Gasteiger partial charge in [-0.05, 0) is 12.1 Å². The van der Waals surface area contributed by atoms with Crippen molar-refractivity contribution < 1.29 is 19.4 Å². The number of rotatable bonds is 8. The lowest BCUT2D eigenvalue weighted by Gasteiger charge is -2.13. The van der Waals surface area contributed by atoms with Crippen LogP contribution in [0.15, 0.2) is 24.3 Å². The Hall–Kier alpha value is -2.10. The summed E-state index contributed by atoms with van der Waals surface area (Å²) in [6, 6.07) is 8.85. The zero-order chi connectivity index (χ0) is 14.8. The summed E-state index contributed by atoms with van der Waals surface area (Å²) in [5, 5.41) is 21.5. The number of aliphatic hydroxyl groups is 1. The number of nitrogens with zero attached hydrogens (tertiary/aromatic N) is 1. The Labute approximate surface area is 117 Å². The van der Waals surface area contributed by atoms with Crippen LogP contribution in [0.4, 0.5) is 0 Å². The lowest BCUT2D eigenvalue weighted by molar-refractivity contribution is -0.140. The van der Waals surface area contributed by atoms with E-state index in [-0.39, 0.29) is 19.0 Å². The SMILES string of the molecule is COC(=O)CCNCC(O)COc1ccccc1C#N. The van der Waals surface area contributed by atoms with Gasteiger partial charge in [0.15, 0.2) is 0 Å². The highest BCUT2D eigenvalue weighted by Crippen LogP contribution is 2.16. The van der Waals surface area contributed by atoms with E-state index in [1.807, 2.05) is 6.07 Å². The van der Waals surface area contributed by atoms with E-state index >= 15 is 0 Å². The first-order chi connectivity index (χ1) is 9.67. The minimum atomic E-state index is -0.723. The molecule has 6 heteroatoms. The standard InChI is InChI=1S/C14H18N2O4/c1-19-14(18)6-7-16-9-12(17)10-20-13-5-3-2-4-11(13)8-15/h2-5,12,16-17H,6-7,9-10H2,1H3. The summed E-state index contributed by atoms with van der Waals surface area (Å²) in [7, 11) is 1.33. The number of nitrogens with one attached hydrogen (secondary N) is 1. The van der Waals surface area contributed by atoms with Gasteiger partial charge in [0.1, 0.15) is 24.5 Å². The molecule has 0 spiro atoms. The molecule has 0 saturated heterocycles. The highest BCUT2D eigenvalue weighted by Gasteiger charge is 2.08. The van der Waals surface area contributed by atoms with Crippen molar-refractivity contribution in [3.8, 4) is 11.8 Å². The molecule has 0 amide bonds. The molecule has 1 aromatic carbocycles. The average Bonchev–Trinajstić information content (AvgIpc) is 2.49. The van der Waals surface area contributed by atoms with Gasteiger partial charge in [-0.25, -0.2) is 0 Å². The molecule has 0 bridgehead atoms. The molecule has 0 aliphatic heterocycles. The van der Waals surface area contributed by atoms with E-state index in [0.29, 0.717) is 24.4 Å². The quantitative estimate of drug-likeness (QED) is 0.530. The molecule has 0 aliphatic rings. The van der Waals surface area contributed by atoms with Crippen LogP contribution in [-0.4, -0.2) is 44.0 Å². The average molecular weight is 278 g/mol. The zero-order valence-corrected chi connectivity index (χ0v) is 11.3. The van der Waals surface area contributed by atoms with E-state index in [1.165, 1.54) is 7.11 Å². The van der Waals surface area contributed by atoms with Gasteiger partial charge >= 0.3 is 5.97 Å². The van der Waals surface area contributed by atoms with E-state index in [1.54, 1.807) is 24.3 Å². The number of esters is 1. The number of carbonyl (C=O) groups excluding carboxylic acids is 1. The highest BCUT2D eigenvalue weighted by molar-refractivity contribution is 5.69. The molecular weight excluding hydrogens is 260 g/mol. The molecule has 1 unspecified atom stereocenters. The topological polar surface area (TPSA) is 91.6 Å². The number of nitriles is 1. The predicted octanol–water partition coefficient (Wildman–Crippen LogP) is 0.451. The molecule has 1 rings (SSSR count). The summed E-state index contributed by atoms with van der Waals surface area (Å²) in [5.41, 5.74) is 0.429. The van der Waals surface area contributed by atoms with Gasteiger partial charge in [0.25, 0.3) is 0 Å². The van der Waals surface area contributed by atoms with Crippen molar-refractivity contribution in [3.63, 3.8) is 0 Å². The summed E-state index contributed by atoms with van der Waals surface area (Å²) in [6.45, 7) is 0.800. The lowest BCUT2D eigenvalue weighted by atomic mass is 10.2. The third-order valence-corrected chi connectivity index (χ3v) is 2.55. The maximum absolute atomic E-state index is 10.9. The van der Waals surface area contributed by atoms with Gasteiger partial charge in [0, 0.05) is 13.1 Å². The molecule has 20 heavy (non-hydrogen) atoms. The van der Waals surface area contributed by atoms with E-state index in [2.05, 4.69) is 10.1 Å². The van der Waals surface area contributed by atoms with Crippen molar-refractivity contribution in [2.45, 2.75) is 12.5 Å². The smallest absolute Gasteiger partial charge is 0.306 e. The summed E-state index contributed by atoms with van der Waals surface area (Å²) in [6.07, 6.45) is -0.471. The van der Waals surface area contributed by atoms with Crippen LogP contribution in [0.3, 0.4) is 0 Å². The van der Waals surface area contributed by atoms with Gasteiger partial charge in [-0.15, -0.1) is 0 Å². The van der Waals surface area contributed by atoms with Crippen molar-refractivity contribution in [2.24, 2.45) is 0 Å². The Morgan fingerprint density at radius 3 is 2.95 bits per heavy atom. The fraction of sp³-hybridized carbons (Fsp3) is 0.429. The van der Waals surface area contributed by atoms with Gasteiger partial charge in [-0.3, -0.25) is 4.79 Å². The van der Waals surface area contributed by atoms with Crippen LogP contribution in [0, 0.1) is 11.3 Å². The van der Waals surface area contributed by atoms with Gasteiger partial charge in [-0.1, -0.05) is 12.1 Å². The fourth-order valence-electron chi connectivity index (χ4n) is 1.49. The van der Waals surface area contributed by atoms with Crippen molar-refractivity contribution in [1.82, 2.24) is 5.32 Å². The Kier molecular flexibility index (Phi) is 7.11. The number of benzene rings is 1. The second kappa shape index (κ2) is 8.91. The van der Waals surface area contributed by atoms with Crippen molar-refractivity contribution in [1.29, 1.82) is 5.26 Å². The first-order valence-electron chi connectivity index (χ1n) is 6.25. The van der Waals surface area contributed by atoms with Crippen LogP contribution in [0.1, 0.15) is 12.0 Å². The lowest BCUT2D eigenvalue weighted by Crippen LogP contribution is -2.32. The van der Waals surface area contributed by atoms with Crippen molar-refractivity contribution in [2.75, 3.05) is 26.8 Å². The fourth-order valence-corrected chi connectivity index (χ4v) is 1.49. The summed E-state index contributed by atoms with van der Waals surface area (Å²) in [4.78, 5) is 10.9. The van der Waals surface area contributed by atoms with Gasteiger partial charge in [-0.2, -0.15) is 5.26 Å². The summed E-state index contributed by atoms with van der Waals surface area (Å²) in [5.74, 6) is 0.148. The molecule has 1 aromatic rings. The molecule has 1 atom stereocenters. The molecule has 0 fully saturated rings. The number of hydrogen-bond donors (Lipinski definition) is 2. The minimum absolute atomic E-state index is 0.0733. The van der Waals surface area contributed by atoms with E-state index < -0.39 is 6.10 Å². The van der Waals surface area contributed by atoms with Crippen LogP contribution < -0.4 is 10.1 Å². The molecule has 108 valence electrons. The van der Waals surface area contributed by atoms with Crippen LogP contribution in [0.25, 0.3) is 0 Å². The molecule has 0 aliphatic carbocycles. The number of para-hydroxylation sites is 1. The normalized spacial score (nSPS) is 11.4. The van der Waals surface area contributed by atoms with Gasteiger partial charge in [0.05, 0.1) is 19.1 Å². The van der Waals surface area contributed by atoms with Crippen molar-refractivity contribution >= 4 is 5.97 Å². The molecule has 0 heterocycles. The Morgan fingerprint density at radius 2 is 2.25 bits per heavy atom. The van der Waals surface area contributed by atoms with Crippen LogP contribution >= 0.6 is 0 Å². The first kappa shape index (κ1) is 16.0. The number of hydrogen-bond acceptors (Lipinski definition) is 6. The third-order valence-electron chi connectivity index (χ3n) is 2.55. The minimum Gasteiger partial charge on any atom is -0.489 e. The molecule has 2 N–H and O–H groups in total. The summed E-state index contributed by atoms with van der Waals surface area (Å²) >= 11 is 0. The molecule has 0 aromatic heterocycles. The number of methoxy groups -OCH3 is 1. The second-order valence-corrected chi connectivity index (χ2v) is 4.10. The zero-order valence-electron chi connectivity index (χ0n) is 11.3. The van der Waals surface area contributed by atoms with E-state index in [0.717, 1.165) is 0 Å². The third kappa shape index (κ3) is 5.69. The first-order valence-corrected chi connectivity index (χ1v) is 6.25. The number of ether oxygens (including phenoxy) is 2. The highest BCUT2D eigenvalue weighted by atomic mass is 16.5. The Bertz CT molecular complexity index is 470. The Balaban J connectivity index is 2.25. The van der Waals surface area contributed by atoms with Crippen LogP contribution in [-0.2, 0) is 9.53 Å². The van der Waals surface area contributed by atoms with Crippen molar-refractivity contribution in [3.05, 3.63) is 29.8 Å². The van der Waals surface area contributed by atoms with Gasteiger partial charge < -0.3 is 19.9 Å². The van der Waals surface area contributed by atoms with E-state index in [9.17, 15) is 9.90 Å². The molecular formula is C14H18N2O4. The van der Waals surface area contributed by atoms with Crippen LogP contribution in [0.2, 0.25) is 0 Å².